The number of nitrogens with zero attached hydrogens (tertiary/aromatic N) is 2. The minimum Gasteiger partial charge on any atom is -0.348 e. The van der Waals surface area contributed by atoms with E-state index in [-0.39, 0.29) is 17.5 Å². The second-order valence-corrected chi connectivity index (χ2v) is 9.22. The van der Waals surface area contributed by atoms with Crippen molar-refractivity contribution in [3.05, 3.63) is 100 Å². The van der Waals surface area contributed by atoms with Gasteiger partial charge in [0.25, 0.3) is 11.5 Å². The van der Waals surface area contributed by atoms with Gasteiger partial charge < -0.3 is 9.72 Å². The highest BCUT2D eigenvalue weighted by Gasteiger charge is 2.22. The Labute approximate surface area is 200 Å². The normalized spacial score (nSPS) is 14.4. The minimum absolute atomic E-state index is 0.155. The van der Waals surface area contributed by atoms with E-state index in [2.05, 4.69) is 24.4 Å². The molecule has 0 saturated heterocycles. The van der Waals surface area contributed by atoms with Crippen LogP contribution in [0.1, 0.15) is 60.6 Å². The molecule has 1 N–H and O–H groups in total. The number of benzene rings is 2. The lowest BCUT2D eigenvalue weighted by Crippen LogP contribution is -2.40. The summed E-state index contributed by atoms with van der Waals surface area (Å²) in [6.45, 7) is 2.48. The first-order valence-corrected chi connectivity index (χ1v) is 12.3. The monoisotopic (exact) mass is 453 g/mol. The second-order valence-electron chi connectivity index (χ2n) is 9.22. The summed E-state index contributed by atoms with van der Waals surface area (Å²) in [7, 11) is 0. The topological polar surface area (TPSA) is 55.5 Å². The lowest BCUT2D eigenvalue weighted by molar-refractivity contribution is 0.0917. The highest BCUT2D eigenvalue weighted by atomic mass is 16.2. The summed E-state index contributed by atoms with van der Waals surface area (Å²) in [5.74, 6) is -0.177. The fourth-order valence-electron chi connectivity index (χ4n) is 4.95. The van der Waals surface area contributed by atoms with Gasteiger partial charge in [-0.15, -0.1) is 0 Å². The number of amides is 1. The Hall–Kier alpha value is -3.60. The molecule has 1 aliphatic rings. The first-order valence-electron chi connectivity index (χ1n) is 12.3. The highest BCUT2D eigenvalue weighted by Crippen LogP contribution is 2.23. The van der Waals surface area contributed by atoms with Crippen molar-refractivity contribution >= 4 is 11.4 Å². The largest absolute Gasteiger partial charge is 0.348 e. The zero-order chi connectivity index (χ0) is 23.5. The quantitative estimate of drug-likeness (QED) is 0.423. The van der Waals surface area contributed by atoms with Crippen LogP contribution in [-0.4, -0.2) is 20.9 Å². The number of carbonyl (C=O) groups excluding carboxylic acids is 1. The van der Waals surface area contributed by atoms with Crippen LogP contribution in [0.2, 0.25) is 0 Å². The summed E-state index contributed by atoms with van der Waals surface area (Å²) >= 11 is 0. The summed E-state index contributed by atoms with van der Waals surface area (Å²) in [6, 6.07) is 22.2. The van der Waals surface area contributed by atoms with E-state index in [0.29, 0.717) is 17.8 Å². The van der Waals surface area contributed by atoms with Crippen molar-refractivity contribution in [1.82, 2.24) is 14.3 Å². The second kappa shape index (κ2) is 9.72. The Morgan fingerprint density at radius 3 is 2.32 bits per heavy atom. The van der Waals surface area contributed by atoms with Crippen molar-refractivity contribution < 1.29 is 4.79 Å². The molecule has 2 heterocycles. The first kappa shape index (κ1) is 22.2. The van der Waals surface area contributed by atoms with Gasteiger partial charge in [0.2, 0.25) is 0 Å². The summed E-state index contributed by atoms with van der Waals surface area (Å²) in [4.78, 5) is 27.2. The molecule has 1 fully saturated rings. The van der Waals surface area contributed by atoms with E-state index in [4.69, 9.17) is 0 Å². The van der Waals surface area contributed by atoms with Crippen molar-refractivity contribution in [3.8, 4) is 11.3 Å². The number of rotatable bonds is 6. The minimum atomic E-state index is -0.177. The Bertz CT molecular complexity index is 1340. The van der Waals surface area contributed by atoms with Crippen LogP contribution in [-0.2, 0) is 13.0 Å². The third kappa shape index (κ3) is 4.43. The first-order chi connectivity index (χ1) is 16.6. The fraction of sp³-hybridized carbons (Fsp3) is 0.310. The fourth-order valence-corrected chi connectivity index (χ4v) is 4.95. The van der Waals surface area contributed by atoms with E-state index in [1.807, 2.05) is 65.2 Å². The molecule has 4 aromatic rings. The smallest absolute Gasteiger partial charge is 0.275 e. The van der Waals surface area contributed by atoms with Crippen LogP contribution < -0.4 is 10.9 Å². The summed E-state index contributed by atoms with van der Waals surface area (Å²) in [6.07, 6.45) is 8.28. The van der Waals surface area contributed by atoms with Crippen LogP contribution in [0.15, 0.2) is 77.7 Å². The van der Waals surface area contributed by atoms with E-state index in [1.165, 1.54) is 12.0 Å². The van der Waals surface area contributed by atoms with Gasteiger partial charge in [0.1, 0.15) is 11.2 Å². The number of hydrogen-bond donors (Lipinski definition) is 1. The molecule has 1 amide bonds. The van der Waals surface area contributed by atoms with Crippen LogP contribution in [0.3, 0.4) is 0 Å². The number of carbonyl (C=O) groups is 1. The molecule has 5 rings (SSSR count). The molecular weight excluding hydrogens is 422 g/mol. The van der Waals surface area contributed by atoms with Crippen molar-refractivity contribution in [2.24, 2.45) is 0 Å². The Morgan fingerprint density at radius 2 is 1.62 bits per heavy atom. The van der Waals surface area contributed by atoms with Gasteiger partial charge in [-0.1, -0.05) is 80.8 Å². The van der Waals surface area contributed by atoms with Crippen LogP contribution >= 0.6 is 0 Å². The zero-order valence-corrected chi connectivity index (χ0v) is 19.7. The molecule has 0 spiro atoms. The summed E-state index contributed by atoms with van der Waals surface area (Å²) < 4.78 is 3.49. The SMILES string of the molecule is CCc1ccc(Cn2c(C(=O)NC3CCCCC3)cn3c(-c4ccccc4)ccc3c2=O)cc1. The van der Waals surface area contributed by atoms with Gasteiger partial charge in [-0.05, 0) is 48.1 Å². The number of nitrogens with one attached hydrogen (secondary N) is 1. The van der Waals surface area contributed by atoms with Gasteiger partial charge in [-0.25, -0.2) is 0 Å². The molecule has 0 bridgehead atoms. The number of hydrogen-bond acceptors (Lipinski definition) is 2. The Kier molecular flexibility index (Phi) is 6.35. The predicted octanol–water partition coefficient (Wildman–Crippen LogP) is 5.44. The van der Waals surface area contributed by atoms with Crippen LogP contribution in [0.5, 0.6) is 0 Å². The number of aromatic nitrogens is 2. The van der Waals surface area contributed by atoms with E-state index in [0.717, 1.165) is 48.9 Å². The van der Waals surface area contributed by atoms with Gasteiger partial charge in [0.05, 0.1) is 12.2 Å². The standard InChI is InChI=1S/C29H31N3O2/c1-2-21-13-15-22(16-14-21)19-32-27(28(33)30-24-11-7-4-8-12-24)20-31-25(17-18-26(31)29(32)34)23-9-5-3-6-10-23/h3,5-6,9-10,13-18,20,24H,2,4,7-8,11-12,19H2,1H3,(H,30,33). The van der Waals surface area contributed by atoms with Crippen molar-refractivity contribution in [3.63, 3.8) is 0 Å². The predicted molar refractivity (Wildman–Crippen MR) is 136 cm³/mol. The molecular formula is C29H31N3O2. The third-order valence-corrected chi connectivity index (χ3v) is 6.94. The van der Waals surface area contributed by atoms with Gasteiger partial charge in [-0.3, -0.25) is 14.2 Å². The average Bonchev–Trinajstić information content (AvgIpc) is 3.31. The maximum Gasteiger partial charge on any atom is 0.275 e. The van der Waals surface area contributed by atoms with Crippen LogP contribution in [0.25, 0.3) is 16.8 Å². The molecule has 0 aliphatic heterocycles. The molecule has 0 unspecified atom stereocenters. The Morgan fingerprint density at radius 1 is 0.912 bits per heavy atom. The van der Waals surface area contributed by atoms with E-state index >= 15 is 0 Å². The van der Waals surface area contributed by atoms with Crippen LogP contribution in [0.4, 0.5) is 0 Å². The average molecular weight is 454 g/mol. The highest BCUT2D eigenvalue weighted by molar-refractivity contribution is 5.93. The van der Waals surface area contributed by atoms with Crippen molar-refractivity contribution in [2.45, 2.75) is 58.0 Å². The lowest BCUT2D eigenvalue weighted by Gasteiger charge is -2.24. The van der Waals surface area contributed by atoms with Crippen molar-refractivity contribution in [2.75, 3.05) is 0 Å². The molecule has 2 aromatic carbocycles. The zero-order valence-electron chi connectivity index (χ0n) is 19.7. The third-order valence-electron chi connectivity index (χ3n) is 6.94. The van der Waals surface area contributed by atoms with Crippen molar-refractivity contribution in [1.29, 1.82) is 0 Å². The molecule has 1 aliphatic carbocycles. The maximum atomic E-state index is 13.7. The number of aryl methyl sites for hydroxylation is 1. The molecule has 1 saturated carbocycles. The van der Waals surface area contributed by atoms with E-state index < -0.39 is 0 Å². The van der Waals surface area contributed by atoms with Crippen LogP contribution in [0, 0.1) is 0 Å². The molecule has 5 heteroatoms. The van der Waals surface area contributed by atoms with Gasteiger partial charge >= 0.3 is 0 Å². The van der Waals surface area contributed by atoms with Gasteiger partial charge in [-0.2, -0.15) is 0 Å². The van der Waals surface area contributed by atoms with Gasteiger partial charge in [0.15, 0.2) is 0 Å². The van der Waals surface area contributed by atoms with E-state index in [1.54, 1.807) is 4.57 Å². The molecule has 174 valence electrons. The lowest BCUT2D eigenvalue weighted by atomic mass is 9.95. The molecule has 0 radical (unpaired) electrons. The number of fused-ring (bicyclic) bond motifs is 1. The maximum absolute atomic E-state index is 13.7. The summed E-state index contributed by atoms with van der Waals surface area (Å²) in [5.41, 5.74) is 4.98. The van der Waals surface area contributed by atoms with E-state index in [9.17, 15) is 9.59 Å². The molecule has 34 heavy (non-hydrogen) atoms. The molecule has 5 nitrogen and oxygen atoms in total. The molecule has 0 atom stereocenters. The summed E-state index contributed by atoms with van der Waals surface area (Å²) in [5, 5.41) is 3.21. The molecule has 2 aromatic heterocycles. The van der Waals surface area contributed by atoms with Gasteiger partial charge in [0, 0.05) is 12.2 Å². The Balaban J connectivity index is 1.60.